The summed E-state index contributed by atoms with van der Waals surface area (Å²) in [5.41, 5.74) is 1.83. The first kappa shape index (κ1) is 26.3. The van der Waals surface area contributed by atoms with Gasteiger partial charge in [0, 0.05) is 42.2 Å². The van der Waals surface area contributed by atoms with Crippen LogP contribution in [-0.2, 0) is 17.8 Å². The van der Waals surface area contributed by atoms with E-state index in [-0.39, 0.29) is 35.3 Å². The number of amides is 1. The van der Waals surface area contributed by atoms with E-state index in [2.05, 4.69) is 15.3 Å². The van der Waals surface area contributed by atoms with E-state index < -0.39 is 11.6 Å². The number of rotatable bonds is 8. The topological polar surface area (TPSA) is 133 Å². The lowest BCUT2D eigenvalue weighted by atomic mass is 10.1. The van der Waals surface area contributed by atoms with Crippen LogP contribution in [0.4, 0.5) is 0 Å². The molecule has 1 unspecified atom stereocenters. The highest BCUT2D eigenvalue weighted by Crippen LogP contribution is 2.32. The molecule has 1 atom stereocenters. The van der Waals surface area contributed by atoms with Gasteiger partial charge in [-0.3, -0.25) is 14.4 Å². The molecule has 0 spiro atoms. The van der Waals surface area contributed by atoms with Crippen LogP contribution in [0.25, 0.3) is 22.2 Å². The minimum absolute atomic E-state index is 0.0506. The number of fused-ring (bicyclic) bond motifs is 1. The van der Waals surface area contributed by atoms with Gasteiger partial charge >= 0.3 is 0 Å². The average Bonchev–Trinajstić information content (AvgIpc) is 3.30. The summed E-state index contributed by atoms with van der Waals surface area (Å²) in [6, 6.07) is 18.1. The second kappa shape index (κ2) is 11.2. The molecule has 0 bridgehead atoms. The van der Waals surface area contributed by atoms with E-state index >= 15 is 0 Å². The van der Waals surface area contributed by atoms with E-state index in [4.69, 9.17) is 28.2 Å². The Kier molecular flexibility index (Phi) is 7.53. The van der Waals surface area contributed by atoms with Crippen LogP contribution in [0.2, 0.25) is 10.2 Å². The number of nitrogens with one attached hydrogen (secondary N) is 3. The molecule has 0 saturated carbocycles. The maximum Gasteiger partial charge on any atom is 0.252 e. The first-order valence-electron chi connectivity index (χ1n) is 12.1. The molecule has 0 aliphatic heterocycles. The van der Waals surface area contributed by atoms with E-state index in [0.717, 1.165) is 11.6 Å². The van der Waals surface area contributed by atoms with Crippen LogP contribution in [0.3, 0.4) is 0 Å². The number of carbonyl (C=O) groups is 1. The molecule has 1 amide bonds. The van der Waals surface area contributed by atoms with E-state index in [9.17, 15) is 19.5 Å². The fourth-order valence-corrected chi connectivity index (χ4v) is 4.77. The van der Waals surface area contributed by atoms with Crippen molar-refractivity contribution in [1.29, 1.82) is 0 Å². The molecular formula is C28H23Cl2N5O4. The molecular weight excluding hydrogens is 541 g/mol. The fraction of sp³-hybridized carbons (Fsp3) is 0.143. The first-order chi connectivity index (χ1) is 18.8. The lowest BCUT2D eigenvalue weighted by molar-refractivity contribution is -0.122. The predicted octanol–water partition coefficient (Wildman–Crippen LogP) is 4.58. The molecule has 0 aliphatic carbocycles. The Morgan fingerprint density at radius 3 is 2.62 bits per heavy atom. The Hall–Kier alpha value is -4.34. The van der Waals surface area contributed by atoms with E-state index in [1.807, 2.05) is 30.3 Å². The van der Waals surface area contributed by atoms with Gasteiger partial charge in [0.15, 0.2) is 0 Å². The Morgan fingerprint density at radius 1 is 1.03 bits per heavy atom. The lowest BCUT2D eigenvalue weighted by Crippen LogP contribution is -2.32. The van der Waals surface area contributed by atoms with Crippen LogP contribution >= 0.6 is 23.2 Å². The van der Waals surface area contributed by atoms with Gasteiger partial charge in [-0.05, 0) is 30.2 Å². The number of benzene rings is 2. The van der Waals surface area contributed by atoms with Gasteiger partial charge in [-0.15, -0.1) is 0 Å². The summed E-state index contributed by atoms with van der Waals surface area (Å²) >= 11 is 12.5. The van der Waals surface area contributed by atoms with Gasteiger partial charge in [0.1, 0.15) is 22.4 Å². The largest absolute Gasteiger partial charge is 0.507 e. The number of pyridine rings is 2. The number of imidazole rings is 1. The fourth-order valence-electron chi connectivity index (χ4n) is 4.34. The lowest BCUT2D eigenvalue weighted by Gasteiger charge is -2.17. The minimum Gasteiger partial charge on any atom is -0.507 e. The normalized spacial score (nSPS) is 11.9. The van der Waals surface area contributed by atoms with Gasteiger partial charge in [0.25, 0.3) is 11.1 Å². The van der Waals surface area contributed by atoms with Crippen molar-refractivity contribution in [1.82, 2.24) is 24.8 Å². The average molecular weight is 564 g/mol. The Bertz CT molecular complexity index is 1780. The zero-order chi connectivity index (χ0) is 27.5. The monoisotopic (exact) mass is 563 g/mol. The molecule has 3 aromatic heterocycles. The van der Waals surface area contributed by atoms with Gasteiger partial charge in [-0.1, -0.05) is 59.6 Å². The number of halogens is 2. The molecule has 5 aromatic rings. The van der Waals surface area contributed by atoms with Gasteiger partial charge in [-0.2, -0.15) is 0 Å². The third kappa shape index (κ3) is 6.05. The third-order valence-electron chi connectivity index (χ3n) is 6.25. The minimum atomic E-state index is -0.549. The van der Waals surface area contributed by atoms with E-state index in [1.165, 1.54) is 22.9 Å². The van der Waals surface area contributed by atoms with Crippen molar-refractivity contribution in [2.75, 3.05) is 0 Å². The van der Waals surface area contributed by atoms with Crippen molar-refractivity contribution in [3.8, 4) is 17.0 Å². The van der Waals surface area contributed by atoms with Crippen LogP contribution in [0.15, 0.2) is 82.5 Å². The molecule has 11 heteroatoms. The summed E-state index contributed by atoms with van der Waals surface area (Å²) in [7, 11) is 0. The smallest absolute Gasteiger partial charge is 0.252 e. The van der Waals surface area contributed by atoms with Crippen LogP contribution < -0.4 is 16.4 Å². The van der Waals surface area contributed by atoms with Crippen molar-refractivity contribution in [3.63, 3.8) is 0 Å². The number of aromatic nitrogens is 4. The molecule has 0 fully saturated rings. The van der Waals surface area contributed by atoms with E-state index in [0.29, 0.717) is 39.4 Å². The highest BCUT2D eigenvalue weighted by molar-refractivity contribution is 6.32. The molecule has 0 saturated heterocycles. The predicted molar refractivity (Wildman–Crippen MR) is 150 cm³/mol. The zero-order valence-electron chi connectivity index (χ0n) is 20.4. The summed E-state index contributed by atoms with van der Waals surface area (Å²) in [6.45, 7) is 0.163. The van der Waals surface area contributed by atoms with Crippen molar-refractivity contribution >= 4 is 40.0 Å². The molecule has 3 heterocycles. The molecule has 0 radical (unpaired) electrons. The van der Waals surface area contributed by atoms with Gasteiger partial charge in [-0.25, -0.2) is 4.98 Å². The maximum atomic E-state index is 13.0. The van der Waals surface area contributed by atoms with Crippen molar-refractivity contribution in [2.45, 2.75) is 25.4 Å². The number of carbonyl (C=O) groups excluding carboxylic acids is 1. The molecule has 198 valence electrons. The van der Waals surface area contributed by atoms with Gasteiger partial charge in [0.2, 0.25) is 5.91 Å². The van der Waals surface area contributed by atoms with Crippen molar-refractivity contribution in [3.05, 3.63) is 115 Å². The number of hydrogen-bond acceptors (Lipinski definition) is 5. The van der Waals surface area contributed by atoms with Crippen LogP contribution in [0.5, 0.6) is 5.75 Å². The quantitative estimate of drug-likeness (QED) is 0.219. The number of aromatic hydroxyl groups is 1. The zero-order valence-corrected chi connectivity index (χ0v) is 22.0. The second-order valence-electron chi connectivity index (χ2n) is 9.00. The SMILES string of the molecule is O=C(CCn1cc(Cl)ccc1=O)NC(Cc1ccccc1)c1nc(-c2ccc3[nH]c(=O)cc(O)c3c2)c(Cl)[nH]1. The summed E-state index contributed by atoms with van der Waals surface area (Å²) in [5.74, 6) is 0.00452. The Morgan fingerprint density at radius 2 is 1.82 bits per heavy atom. The van der Waals surface area contributed by atoms with Gasteiger partial charge in [0.05, 0.1) is 16.6 Å². The molecule has 0 aliphatic rings. The molecule has 2 aromatic carbocycles. The number of aromatic amines is 2. The summed E-state index contributed by atoms with van der Waals surface area (Å²) in [4.78, 5) is 47.2. The molecule has 5 rings (SSSR count). The van der Waals surface area contributed by atoms with Crippen LogP contribution in [-0.4, -0.2) is 30.5 Å². The molecule has 39 heavy (non-hydrogen) atoms. The molecule has 9 nitrogen and oxygen atoms in total. The van der Waals surface area contributed by atoms with Crippen molar-refractivity contribution < 1.29 is 9.90 Å². The van der Waals surface area contributed by atoms with Crippen LogP contribution in [0.1, 0.15) is 23.9 Å². The van der Waals surface area contributed by atoms with Crippen molar-refractivity contribution in [2.24, 2.45) is 0 Å². The van der Waals surface area contributed by atoms with E-state index in [1.54, 1.807) is 18.2 Å². The Labute approximate surface area is 232 Å². The van der Waals surface area contributed by atoms with Gasteiger partial charge < -0.3 is 25.0 Å². The second-order valence-corrected chi connectivity index (χ2v) is 9.82. The molecule has 4 N–H and O–H groups in total. The number of H-pyrrole nitrogens is 2. The first-order valence-corrected chi connectivity index (χ1v) is 12.8. The maximum absolute atomic E-state index is 13.0. The van der Waals surface area contributed by atoms with Crippen LogP contribution in [0, 0.1) is 0 Å². The summed E-state index contributed by atoms with van der Waals surface area (Å²) in [5, 5.41) is 14.4. The summed E-state index contributed by atoms with van der Waals surface area (Å²) < 4.78 is 1.39. The standard InChI is InChI=1S/C28H23Cl2N5O4/c29-18-7-9-25(39)35(15-18)11-10-23(37)32-21(12-16-4-2-1-3-5-16)28-33-26(27(30)34-28)17-6-8-20-19(13-17)22(36)14-24(38)31-20/h1-9,13-15,21H,10-12H2,(H,32,37)(H,33,34)(H2,31,36,38). The number of hydrogen-bond donors (Lipinski definition) is 4. The summed E-state index contributed by atoms with van der Waals surface area (Å²) in [6.07, 6.45) is 1.98. The number of aryl methyl sites for hydroxylation is 1. The highest BCUT2D eigenvalue weighted by atomic mass is 35.5. The Balaban J connectivity index is 1.42. The number of nitrogens with zero attached hydrogens (tertiary/aromatic N) is 2. The third-order valence-corrected chi connectivity index (χ3v) is 6.74. The highest BCUT2D eigenvalue weighted by Gasteiger charge is 2.22.